The third kappa shape index (κ3) is 7.30. The fourth-order valence-electron chi connectivity index (χ4n) is 4.82. The second-order valence-electron chi connectivity index (χ2n) is 10.8. The number of amides is 1. The van der Waals surface area contributed by atoms with Crippen molar-refractivity contribution in [3.05, 3.63) is 70.1 Å². The van der Waals surface area contributed by atoms with Gasteiger partial charge in [-0.3, -0.25) is 4.79 Å². The maximum absolute atomic E-state index is 13.6. The fourth-order valence-corrected chi connectivity index (χ4v) is 6.08. The van der Waals surface area contributed by atoms with Gasteiger partial charge in [0.25, 0.3) is 5.91 Å². The van der Waals surface area contributed by atoms with Gasteiger partial charge in [0.2, 0.25) is 0 Å². The number of carbonyl (C=O) groups excluding carboxylic acids is 2. The summed E-state index contributed by atoms with van der Waals surface area (Å²) < 4.78 is 16.3. The average Bonchev–Trinajstić information content (AvgIpc) is 3.29. The molecule has 0 aliphatic heterocycles. The lowest BCUT2D eigenvalue weighted by molar-refractivity contribution is -0.145. The number of para-hydroxylation sites is 1. The highest BCUT2D eigenvalue weighted by atomic mass is 32.1. The molecule has 1 amide bonds. The Bertz CT molecular complexity index is 1360. The molecule has 1 aromatic heterocycles. The summed E-state index contributed by atoms with van der Waals surface area (Å²) in [5.74, 6) is 0.942. The molecule has 1 aliphatic rings. The lowest BCUT2D eigenvalue weighted by Crippen LogP contribution is -2.27. The normalized spacial score (nSPS) is 15.0. The SMILES string of the molecule is CCOC(=O)COc1ccc(C=Nc2sc3c(c2C(=O)Nc2ccccc2)CC[C@H](C(C)(C)C)C3)cc1OCC. The second kappa shape index (κ2) is 13.1. The van der Waals surface area contributed by atoms with Crippen molar-refractivity contribution in [1.82, 2.24) is 0 Å². The van der Waals surface area contributed by atoms with Crippen LogP contribution in [0.25, 0.3) is 0 Å². The van der Waals surface area contributed by atoms with Crippen LogP contribution in [0.1, 0.15) is 67.4 Å². The minimum atomic E-state index is -0.438. The van der Waals surface area contributed by atoms with Gasteiger partial charge in [0.15, 0.2) is 18.1 Å². The maximum Gasteiger partial charge on any atom is 0.344 e. The van der Waals surface area contributed by atoms with E-state index in [0.29, 0.717) is 41.2 Å². The van der Waals surface area contributed by atoms with E-state index in [-0.39, 0.29) is 17.9 Å². The molecule has 4 rings (SSSR count). The molecule has 0 radical (unpaired) electrons. The van der Waals surface area contributed by atoms with Crippen LogP contribution >= 0.6 is 11.3 Å². The summed E-state index contributed by atoms with van der Waals surface area (Å²) in [6.45, 7) is 11.0. The van der Waals surface area contributed by atoms with Crippen molar-refractivity contribution in [1.29, 1.82) is 0 Å². The minimum absolute atomic E-state index is 0.136. The molecule has 3 aromatic rings. The molecule has 0 spiro atoms. The van der Waals surface area contributed by atoms with E-state index in [2.05, 4.69) is 26.1 Å². The Morgan fingerprint density at radius 2 is 1.82 bits per heavy atom. The molecule has 0 bridgehead atoms. The summed E-state index contributed by atoms with van der Waals surface area (Å²) in [6.07, 6.45) is 4.61. The predicted octanol–water partition coefficient (Wildman–Crippen LogP) is 7.24. The van der Waals surface area contributed by atoms with Crippen molar-refractivity contribution in [3.8, 4) is 11.5 Å². The first-order valence-electron chi connectivity index (χ1n) is 13.8. The maximum atomic E-state index is 13.6. The van der Waals surface area contributed by atoms with Crippen molar-refractivity contribution in [3.63, 3.8) is 0 Å². The molecular formula is C32H38N2O5S. The molecule has 1 N–H and O–H groups in total. The summed E-state index contributed by atoms with van der Waals surface area (Å²) in [5, 5.41) is 3.76. The molecule has 1 aliphatic carbocycles. The Morgan fingerprint density at radius 1 is 1.05 bits per heavy atom. The molecule has 0 saturated carbocycles. The standard InChI is InChI=1S/C32H38N2O5S/c1-6-37-26-17-21(13-16-25(26)39-20-28(35)38-7-2)19-33-31-29(30(36)34-23-11-9-8-10-12-23)24-15-14-22(32(3,4)5)18-27(24)40-31/h8-13,16-17,19,22H,6-7,14-15,18,20H2,1-5H3,(H,34,36)/t22-/m0/s1. The summed E-state index contributed by atoms with van der Waals surface area (Å²) in [5.41, 5.74) is 3.52. The van der Waals surface area contributed by atoms with Gasteiger partial charge in [-0.25, -0.2) is 9.79 Å². The first kappa shape index (κ1) is 29.3. The Labute approximate surface area is 240 Å². The number of anilines is 1. The molecule has 0 saturated heterocycles. The van der Waals surface area contributed by atoms with Crippen LogP contribution in [0.2, 0.25) is 0 Å². The van der Waals surface area contributed by atoms with Crippen molar-refractivity contribution in [2.45, 2.75) is 53.9 Å². The molecule has 0 fully saturated rings. The zero-order valence-electron chi connectivity index (χ0n) is 23.9. The zero-order valence-corrected chi connectivity index (χ0v) is 24.7. The Balaban J connectivity index is 1.63. The van der Waals surface area contributed by atoms with Crippen LogP contribution in [0.15, 0.2) is 53.5 Å². The average molecular weight is 563 g/mol. The van der Waals surface area contributed by atoms with Gasteiger partial charge in [0.05, 0.1) is 18.8 Å². The van der Waals surface area contributed by atoms with Crippen molar-refractivity contribution < 1.29 is 23.8 Å². The van der Waals surface area contributed by atoms with Gasteiger partial charge in [-0.1, -0.05) is 39.0 Å². The second-order valence-corrected chi connectivity index (χ2v) is 11.9. The van der Waals surface area contributed by atoms with E-state index in [1.54, 1.807) is 30.5 Å². The van der Waals surface area contributed by atoms with E-state index in [0.717, 1.165) is 36.1 Å². The number of hydrogen-bond acceptors (Lipinski definition) is 7. The number of ether oxygens (including phenoxy) is 3. The molecule has 8 heteroatoms. The van der Waals surface area contributed by atoms with E-state index in [9.17, 15) is 9.59 Å². The highest BCUT2D eigenvalue weighted by Gasteiger charge is 2.33. The van der Waals surface area contributed by atoms with Gasteiger partial charge in [-0.15, -0.1) is 11.3 Å². The Kier molecular flexibility index (Phi) is 9.63. The molecule has 0 unspecified atom stereocenters. The highest BCUT2D eigenvalue weighted by Crippen LogP contribution is 2.45. The number of esters is 1. The Morgan fingerprint density at radius 3 is 2.52 bits per heavy atom. The highest BCUT2D eigenvalue weighted by molar-refractivity contribution is 7.16. The first-order valence-corrected chi connectivity index (χ1v) is 14.6. The summed E-state index contributed by atoms with van der Waals surface area (Å²) in [6, 6.07) is 14.9. The third-order valence-corrected chi connectivity index (χ3v) is 8.14. The lowest BCUT2D eigenvalue weighted by atomic mass is 9.72. The molecule has 2 aromatic carbocycles. The summed E-state index contributed by atoms with van der Waals surface area (Å²) in [7, 11) is 0. The quantitative estimate of drug-likeness (QED) is 0.208. The number of hydrogen-bond donors (Lipinski definition) is 1. The van der Waals surface area contributed by atoms with E-state index < -0.39 is 5.97 Å². The number of nitrogens with zero attached hydrogens (tertiary/aromatic N) is 1. The van der Waals surface area contributed by atoms with E-state index in [1.807, 2.05) is 49.4 Å². The summed E-state index contributed by atoms with van der Waals surface area (Å²) >= 11 is 1.61. The number of nitrogens with one attached hydrogen (secondary N) is 1. The van der Waals surface area contributed by atoms with Gasteiger partial charge < -0.3 is 19.5 Å². The molecule has 40 heavy (non-hydrogen) atoms. The fraction of sp³-hybridized carbons (Fsp3) is 0.406. The number of aliphatic imine (C=N–C) groups is 1. The molecule has 7 nitrogen and oxygen atoms in total. The van der Waals surface area contributed by atoms with Crippen molar-refractivity contribution >= 4 is 40.1 Å². The number of thiophene rings is 1. The first-order chi connectivity index (χ1) is 19.2. The van der Waals surface area contributed by atoms with Crippen LogP contribution in [-0.4, -0.2) is 37.9 Å². The summed E-state index contributed by atoms with van der Waals surface area (Å²) in [4.78, 5) is 31.4. The topological polar surface area (TPSA) is 86.2 Å². The van der Waals surface area contributed by atoms with Crippen LogP contribution in [0.4, 0.5) is 10.7 Å². The Hall–Kier alpha value is -3.65. The van der Waals surface area contributed by atoms with Crippen molar-refractivity contribution in [2.24, 2.45) is 16.3 Å². The molecule has 212 valence electrons. The predicted molar refractivity (Wildman–Crippen MR) is 161 cm³/mol. The molecular weight excluding hydrogens is 524 g/mol. The number of carbonyl (C=O) groups is 2. The molecule has 1 heterocycles. The monoisotopic (exact) mass is 562 g/mol. The number of rotatable bonds is 10. The number of benzene rings is 2. The van der Waals surface area contributed by atoms with Crippen molar-refractivity contribution in [2.75, 3.05) is 25.1 Å². The van der Waals surface area contributed by atoms with Gasteiger partial charge in [-0.05, 0) is 85.9 Å². The smallest absolute Gasteiger partial charge is 0.344 e. The van der Waals surface area contributed by atoms with E-state index >= 15 is 0 Å². The van der Waals surface area contributed by atoms with E-state index in [1.165, 1.54) is 4.88 Å². The van der Waals surface area contributed by atoms with Gasteiger partial charge in [-0.2, -0.15) is 0 Å². The van der Waals surface area contributed by atoms with Crippen LogP contribution < -0.4 is 14.8 Å². The number of fused-ring (bicyclic) bond motifs is 1. The zero-order chi connectivity index (χ0) is 28.7. The van der Waals surface area contributed by atoms with Crippen LogP contribution in [0.3, 0.4) is 0 Å². The van der Waals surface area contributed by atoms with Crippen LogP contribution in [0, 0.1) is 11.3 Å². The third-order valence-electron chi connectivity index (χ3n) is 6.98. The lowest BCUT2D eigenvalue weighted by Gasteiger charge is -2.33. The largest absolute Gasteiger partial charge is 0.490 e. The molecule has 1 atom stereocenters. The van der Waals surface area contributed by atoms with Gasteiger partial charge >= 0.3 is 5.97 Å². The minimum Gasteiger partial charge on any atom is -0.490 e. The van der Waals surface area contributed by atoms with E-state index in [4.69, 9.17) is 19.2 Å². The van der Waals surface area contributed by atoms with Crippen LogP contribution in [-0.2, 0) is 22.4 Å². The van der Waals surface area contributed by atoms with Gasteiger partial charge in [0.1, 0.15) is 5.00 Å². The van der Waals surface area contributed by atoms with Gasteiger partial charge in [0, 0.05) is 16.8 Å². The van der Waals surface area contributed by atoms with Crippen LogP contribution in [0.5, 0.6) is 11.5 Å².